The van der Waals surface area contributed by atoms with Gasteiger partial charge in [0.1, 0.15) is 11.6 Å². The molecule has 0 fully saturated rings. The lowest BCUT2D eigenvalue weighted by Gasteiger charge is -2.14. The van der Waals surface area contributed by atoms with Crippen molar-refractivity contribution in [3.8, 4) is 5.75 Å². The van der Waals surface area contributed by atoms with Crippen molar-refractivity contribution in [2.75, 3.05) is 0 Å². The van der Waals surface area contributed by atoms with Crippen molar-refractivity contribution < 1.29 is 19.0 Å². The van der Waals surface area contributed by atoms with Gasteiger partial charge in [0.2, 0.25) is 0 Å². The first-order chi connectivity index (χ1) is 7.49. The van der Waals surface area contributed by atoms with Gasteiger partial charge in [0.05, 0.1) is 11.1 Å². The van der Waals surface area contributed by atoms with Gasteiger partial charge in [0.15, 0.2) is 0 Å². The summed E-state index contributed by atoms with van der Waals surface area (Å²) < 4.78 is 18.1. The van der Waals surface area contributed by atoms with Crippen LogP contribution in [0.4, 0.5) is 4.39 Å². The minimum Gasteiger partial charge on any atom is -0.489 e. The van der Waals surface area contributed by atoms with Crippen LogP contribution in [0, 0.1) is 5.82 Å². The van der Waals surface area contributed by atoms with Gasteiger partial charge in [0, 0.05) is 6.42 Å². The van der Waals surface area contributed by atoms with E-state index in [9.17, 15) is 9.18 Å². The van der Waals surface area contributed by atoms with Gasteiger partial charge in [-0.3, -0.25) is 4.79 Å². The van der Waals surface area contributed by atoms with E-state index in [1.54, 1.807) is 6.92 Å². The molecule has 0 heterocycles. The third kappa shape index (κ3) is 4.06. The van der Waals surface area contributed by atoms with Gasteiger partial charge >= 0.3 is 5.97 Å². The molecule has 0 spiro atoms. The molecule has 3 nitrogen and oxygen atoms in total. The maximum Gasteiger partial charge on any atom is 0.303 e. The van der Waals surface area contributed by atoms with Crippen LogP contribution < -0.4 is 4.74 Å². The van der Waals surface area contributed by atoms with Crippen LogP contribution in [-0.2, 0) is 4.79 Å². The fourth-order valence-corrected chi connectivity index (χ4v) is 1.38. The normalized spacial score (nSPS) is 12.2. The third-order valence-electron chi connectivity index (χ3n) is 1.99. The molecule has 0 saturated heterocycles. The minimum atomic E-state index is -0.874. The number of aliphatic carboxylic acids is 1. The first kappa shape index (κ1) is 12.8. The molecular weight excluding hydrogens is 235 g/mol. The van der Waals surface area contributed by atoms with Crippen molar-refractivity contribution in [1.29, 1.82) is 0 Å². The standard InChI is InChI=1S/C11H12ClFO3/c1-7(2-5-11(14)15)16-10-4-3-8(13)6-9(10)12/h3-4,6-7H,2,5H2,1H3,(H,14,15). The first-order valence-corrected chi connectivity index (χ1v) is 5.20. The molecule has 1 atom stereocenters. The molecule has 0 radical (unpaired) electrons. The molecule has 1 aromatic carbocycles. The van der Waals surface area contributed by atoms with E-state index in [-0.39, 0.29) is 17.5 Å². The molecule has 0 saturated carbocycles. The number of carbonyl (C=O) groups is 1. The van der Waals surface area contributed by atoms with Crippen LogP contribution in [0.15, 0.2) is 18.2 Å². The zero-order valence-electron chi connectivity index (χ0n) is 8.74. The van der Waals surface area contributed by atoms with Crippen LogP contribution in [0.25, 0.3) is 0 Å². The second-order valence-electron chi connectivity index (χ2n) is 3.44. The van der Waals surface area contributed by atoms with Gasteiger partial charge in [-0.05, 0) is 31.5 Å². The van der Waals surface area contributed by atoms with E-state index in [4.69, 9.17) is 21.4 Å². The van der Waals surface area contributed by atoms with E-state index in [2.05, 4.69) is 0 Å². The number of benzene rings is 1. The summed E-state index contributed by atoms with van der Waals surface area (Å²) in [6.45, 7) is 1.74. The summed E-state index contributed by atoms with van der Waals surface area (Å²) in [5.41, 5.74) is 0. The molecule has 0 aliphatic carbocycles. The fourth-order valence-electron chi connectivity index (χ4n) is 1.17. The maximum atomic E-state index is 12.7. The largest absolute Gasteiger partial charge is 0.489 e. The van der Waals surface area contributed by atoms with E-state index in [0.717, 1.165) is 6.07 Å². The van der Waals surface area contributed by atoms with Crippen molar-refractivity contribution >= 4 is 17.6 Å². The highest BCUT2D eigenvalue weighted by atomic mass is 35.5. The lowest BCUT2D eigenvalue weighted by atomic mass is 10.2. The third-order valence-corrected chi connectivity index (χ3v) is 2.28. The van der Waals surface area contributed by atoms with Gasteiger partial charge in [-0.15, -0.1) is 0 Å². The highest BCUT2D eigenvalue weighted by Crippen LogP contribution is 2.26. The minimum absolute atomic E-state index is 0.0278. The van der Waals surface area contributed by atoms with Crippen LogP contribution in [0.2, 0.25) is 5.02 Å². The predicted octanol–water partition coefficient (Wildman–Crippen LogP) is 3.11. The summed E-state index contributed by atoms with van der Waals surface area (Å²) in [6.07, 6.45) is 0.127. The lowest BCUT2D eigenvalue weighted by molar-refractivity contribution is -0.137. The van der Waals surface area contributed by atoms with Gasteiger partial charge in [-0.2, -0.15) is 0 Å². The molecule has 0 aromatic heterocycles. The summed E-state index contributed by atoms with van der Waals surface area (Å²) in [4.78, 5) is 10.3. The molecule has 16 heavy (non-hydrogen) atoms. The summed E-state index contributed by atoms with van der Waals surface area (Å²) in [7, 11) is 0. The average Bonchev–Trinajstić information content (AvgIpc) is 2.19. The molecule has 0 aliphatic heterocycles. The summed E-state index contributed by atoms with van der Waals surface area (Å²) in [5.74, 6) is -0.947. The Labute approximate surface area is 97.8 Å². The molecule has 0 aliphatic rings. The number of rotatable bonds is 5. The number of carboxylic acid groups (broad SMARTS) is 1. The van der Waals surface area contributed by atoms with Gasteiger partial charge in [-0.25, -0.2) is 4.39 Å². The molecule has 1 rings (SSSR count). The van der Waals surface area contributed by atoms with E-state index < -0.39 is 11.8 Å². The van der Waals surface area contributed by atoms with E-state index in [0.29, 0.717) is 12.2 Å². The Morgan fingerprint density at radius 2 is 2.31 bits per heavy atom. The molecular formula is C11H12ClFO3. The Bertz CT molecular complexity index is 381. The van der Waals surface area contributed by atoms with Gasteiger partial charge in [-0.1, -0.05) is 11.6 Å². The molecule has 1 aromatic rings. The molecule has 5 heteroatoms. The summed E-state index contributed by atoms with van der Waals surface area (Å²) in [5, 5.41) is 8.67. The quantitative estimate of drug-likeness (QED) is 0.868. The van der Waals surface area contributed by atoms with Crippen LogP contribution >= 0.6 is 11.6 Å². The van der Waals surface area contributed by atoms with Crippen molar-refractivity contribution in [2.45, 2.75) is 25.9 Å². The second kappa shape index (κ2) is 5.70. The Hall–Kier alpha value is -1.29. The van der Waals surface area contributed by atoms with Crippen molar-refractivity contribution in [3.05, 3.63) is 29.0 Å². The number of hydrogen-bond donors (Lipinski definition) is 1. The zero-order valence-corrected chi connectivity index (χ0v) is 9.50. The number of hydrogen-bond acceptors (Lipinski definition) is 2. The molecule has 1 unspecified atom stereocenters. The highest BCUT2D eigenvalue weighted by Gasteiger charge is 2.09. The fraction of sp³-hybridized carbons (Fsp3) is 0.364. The van der Waals surface area contributed by atoms with Crippen LogP contribution in [-0.4, -0.2) is 17.2 Å². The molecule has 0 amide bonds. The predicted molar refractivity (Wildman–Crippen MR) is 58.4 cm³/mol. The highest BCUT2D eigenvalue weighted by molar-refractivity contribution is 6.32. The first-order valence-electron chi connectivity index (χ1n) is 4.82. The van der Waals surface area contributed by atoms with Crippen LogP contribution in [0.1, 0.15) is 19.8 Å². The monoisotopic (exact) mass is 246 g/mol. The lowest BCUT2D eigenvalue weighted by Crippen LogP contribution is -2.13. The Morgan fingerprint density at radius 1 is 1.62 bits per heavy atom. The van der Waals surface area contributed by atoms with Crippen molar-refractivity contribution in [2.24, 2.45) is 0 Å². The SMILES string of the molecule is CC(CCC(=O)O)Oc1ccc(F)cc1Cl. The maximum absolute atomic E-state index is 12.7. The number of carboxylic acids is 1. The van der Waals surface area contributed by atoms with Crippen molar-refractivity contribution in [3.63, 3.8) is 0 Å². The van der Waals surface area contributed by atoms with E-state index >= 15 is 0 Å². The Morgan fingerprint density at radius 3 is 2.88 bits per heavy atom. The van der Waals surface area contributed by atoms with E-state index in [1.807, 2.05) is 0 Å². The van der Waals surface area contributed by atoms with Gasteiger partial charge in [0.25, 0.3) is 0 Å². The second-order valence-corrected chi connectivity index (χ2v) is 3.84. The van der Waals surface area contributed by atoms with Crippen LogP contribution in [0.5, 0.6) is 5.75 Å². The zero-order chi connectivity index (χ0) is 12.1. The number of halogens is 2. The average molecular weight is 247 g/mol. The summed E-state index contributed by atoms with van der Waals surface area (Å²) in [6, 6.07) is 3.82. The van der Waals surface area contributed by atoms with Gasteiger partial charge < -0.3 is 9.84 Å². The topological polar surface area (TPSA) is 46.5 Å². The smallest absolute Gasteiger partial charge is 0.303 e. The molecule has 88 valence electrons. The Kier molecular flexibility index (Phi) is 4.55. The molecule has 1 N–H and O–H groups in total. The summed E-state index contributed by atoms with van der Waals surface area (Å²) >= 11 is 5.75. The Balaban J connectivity index is 2.55. The molecule has 0 bridgehead atoms. The number of ether oxygens (including phenoxy) is 1. The van der Waals surface area contributed by atoms with Crippen molar-refractivity contribution in [1.82, 2.24) is 0 Å². The van der Waals surface area contributed by atoms with Crippen LogP contribution in [0.3, 0.4) is 0 Å². The van der Waals surface area contributed by atoms with E-state index in [1.165, 1.54) is 12.1 Å².